The predicted octanol–water partition coefficient (Wildman–Crippen LogP) is 6.95. The van der Waals surface area contributed by atoms with E-state index in [1.165, 1.54) is 25.7 Å². The molecule has 6 heteroatoms. The lowest BCUT2D eigenvalue weighted by Gasteiger charge is -2.25. The first-order valence-corrected chi connectivity index (χ1v) is 15.5. The van der Waals surface area contributed by atoms with E-state index in [9.17, 15) is 9.59 Å². The lowest BCUT2D eigenvalue weighted by Crippen LogP contribution is -2.23. The van der Waals surface area contributed by atoms with Gasteiger partial charge in [-0.25, -0.2) is 0 Å². The highest BCUT2D eigenvalue weighted by Crippen LogP contribution is 2.47. The molecule has 166 valence electrons. The molecule has 0 amide bonds. The summed E-state index contributed by atoms with van der Waals surface area (Å²) in [5.74, 6) is 1.49. The molecule has 0 aromatic heterocycles. The zero-order valence-corrected chi connectivity index (χ0v) is 21.0. The minimum atomic E-state index is -0.0750. The number of rotatable bonds is 11. The van der Waals surface area contributed by atoms with E-state index >= 15 is 0 Å². The smallest absolute Gasteiger partial charge is 0.305 e. The molecule has 4 nitrogen and oxygen atoms in total. The summed E-state index contributed by atoms with van der Waals surface area (Å²) in [5.41, 5.74) is 0. The van der Waals surface area contributed by atoms with Gasteiger partial charge in [0.2, 0.25) is 0 Å². The average molecular weight is 536 g/mol. The molecule has 1 fully saturated rings. The molecular weight excluding hydrogens is 498 g/mol. The van der Waals surface area contributed by atoms with Gasteiger partial charge in [0.25, 0.3) is 0 Å². The van der Waals surface area contributed by atoms with Gasteiger partial charge in [0, 0.05) is 19.3 Å². The Bertz CT molecular complexity index is 525. The van der Waals surface area contributed by atoms with Crippen LogP contribution in [-0.2, 0) is 18.8 Å². The summed E-state index contributed by atoms with van der Waals surface area (Å²) in [6.07, 6.45) is 17.2. The average Bonchev–Trinajstić information content (AvgIpc) is 3.01. The topological polar surface area (TPSA) is 52.6 Å². The summed E-state index contributed by atoms with van der Waals surface area (Å²) >= 11 is 2.29. The van der Waals surface area contributed by atoms with Gasteiger partial charge in [-0.2, -0.15) is 0 Å². The summed E-state index contributed by atoms with van der Waals surface area (Å²) in [7, 11) is 0. The van der Waals surface area contributed by atoms with Crippen molar-refractivity contribution in [1.29, 1.82) is 0 Å². The van der Waals surface area contributed by atoms with Gasteiger partial charge in [-0.1, -0.05) is 44.8 Å². The Balaban J connectivity index is 1.92. The maximum absolute atomic E-state index is 12.4. The van der Waals surface area contributed by atoms with Crippen LogP contribution in [0.15, 0.2) is 12.2 Å². The molecule has 0 aromatic carbocycles. The molecule has 2 rings (SSSR count). The van der Waals surface area contributed by atoms with Gasteiger partial charge >= 0.3 is 5.97 Å². The van der Waals surface area contributed by atoms with Gasteiger partial charge in [0.15, 0.2) is 0 Å². The quantitative estimate of drug-likeness (QED) is 0.0943. The molecule has 0 aromatic rings. The Morgan fingerprint density at radius 1 is 1.24 bits per heavy atom. The predicted molar refractivity (Wildman–Crippen MR) is 128 cm³/mol. The van der Waals surface area contributed by atoms with Gasteiger partial charge in [-0.05, 0) is 78.3 Å². The second kappa shape index (κ2) is 14.9. The fourth-order valence-electron chi connectivity index (χ4n) is 4.81. The Morgan fingerprint density at radius 2 is 2.07 bits per heavy atom. The van der Waals surface area contributed by atoms with E-state index in [-0.39, 0.29) is 12.1 Å². The molecule has 1 aliphatic carbocycles. The molecule has 1 heterocycles. The number of esters is 1. The monoisotopic (exact) mass is 536 g/mol. The minimum Gasteiger partial charge on any atom is -0.465 e. The molecular formula is C23H38IO4P. The number of fused-ring (bicyclic) bond motifs is 1. The number of carbonyl (C=O) groups excluding carboxylic acids is 2. The van der Waals surface area contributed by atoms with E-state index in [1.54, 1.807) is 0 Å². The van der Waals surface area contributed by atoms with Crippen molar-refractivity contribution in [3.8, 4) is 0 Å². The number of Topliss-reactive ketones (excluding diaryl/α,β-unsaturated/α-hetero) is 1. The fourth-order valence-corrected chi connectivity index (χ4v) is 6.18. The van der Waals surface area contributed by atoms with Gasteiger partial charge in [0.05, 0.1) is 19.2 Å². The van der Waals surface area contributed by atoms with Crippen LogP contribution in [0.25, 0.3) is 0 Å². The van der Waals surface area contributed by atoms with Crippen molar-refractivity contribution in [3.63, 3.8) is 0 Å². The van der Waals surface area contributed by atoms with Crippen molar-refractivity contribution >= 4 is 40.2 Å². The number of hydrogen-bond donors (Lipinski definition) is 0. The Hall–Kier alpha value is -0.000000000000000222. The molecule has 0 bridgehead atoms. The van der Waals surface area contributed by atoms with Gasteiger partial charge in [-0.3, -0.25) is 9.59 Å². The number of hydrogen-bond acceptors (Lipinski definition) is 4. The number of ketones is 1. The number of unbranched alkanes of at least 4 members (excludes halogenated alkanes) is 4. The summed E-state index contributed by atoms with van der Waals surface area (Å²) in [6, 6.07) is 0. The molecule has 0 N–H and O–H groups in total. The second-order valence-electron chi connectivity index (χ2n) is 8.58. The molecule has 0 spiro atoms. The third-order valence-electron chi connectivity index (χ3n) is 6.46. The normalized spacial score (nSPS) is 29.4. The summed E-state index contributed by atoms with van der Waals surface area (Å²) in [6.45, 7) is 3.14. The van der Waals surface area contributed by atoms with Crippen LogP contribution >= 0.6 is 28.5 Å². The number of cyclic esters (lactones) is 1. The van der Waals surface area contributed by atoms with Crippen molar-refractivity contribution in [2.45, 2.75) is 96.5 Å². The van der Waals surface area contributed by atoms with Crippen molar-refractivity contribution in [3.05, 3.63) is 12.2 Å². The van der Waals surface area contributed by atoms with Crippen LogP contribution in [0.1, 0.15) is 90.4 Å². The highest BCUT2D eigenvalue weighted by molar-refractivity contribution is 14.2. The van der Waals surface area contributed by atoms with Crippen LogP contribution in [0.3, 0.4) is 0 Å². The standard InChI is InChI=1S/C23H38IO4P/c1-2-3-4-5-8-11-19(25)14-15-21-20-12-9-6-7-10-13-23(26)27-17-18(20)16-22(21)28-29-24/h6,9,18,20-22,29H,2-5,7-8,10-17H2,1H3/b9-6-/t18-,20+,21-,22-/m1/s1. The van der Waals surface area contributed by atoms with E-state index in [0.717, 1.165) is 44.9 Å². The Labute approximate surface area is 191 Å². The summed E-state index contributed by atoms with van der Waals surface area (Å²) < 4.78 is 11.7. The van der Waals surface area contributed by atoms with Crippen LogP contribution in [-0.4, -0.2) is 24.5 Å². The van der Waals surface area contributed by atoms with Crippen LogP contribution in [0.5, 0.6) is 0 Å². The Kier molecular flexibility index (Phi) is 13.0. The SMILES string of the molecule is CCCCCCCC(=O)CC[C@@H]1[C@H]2C/C=C\CCCC(=O)OC[C@H]2C[C@H]1OPI. The minimum absolute atomic E-state index is 0.0750. The lowest BCUT2D eigenvalue weighted by molar-refractivity contribution is -0.145. The van der Waals surface area contributed by atoms with Gasteiger partial charge < -0.3 is 9.26 Å². The highest BCUT2D eigenvalue weighted by Gasteiger charge is 2.43. The zero-order valence-electron chi connectivity index (χ0n) is 17.9. The van der Waals surface area contributed by atoms with Crippen molar-refractivity contribution in [2.24, 2.45) is 17.8 Å². The fraction of sp³-hybridized carbons (Fsp3) is 0.826. The van der Waals surface area contributed by atoms with Crippen molar-refractivity contribution < 1.29 is 18.8 Å². The molecule has 5 atom stereocenters. The molecule has 1 unspecified atom stereocenters. The first-order chi connectivity index (χ1) is 14.2. The number of halogens is 1. The van der Waals surface area contributed by atoms with E-state index in [4.69, 9.17) is 9.26 Å². The van der Waals surface area contributed by atoms with Gasteiger partial charge in [-0.15, -0.1) is 0 Å². The lowest BCUT2D eigenvalue weighted by atomic mass is 9.83. The third kappa shape index (κ3) is 9.35. The summed E-state index contributed by atoms with van der Waals surface area (Å²) in [5, 5.41) is 0. The van der Waals surface area contributed by atoms with Crippen LogP contribution < -0.4 is 0 Å². The molecule has 1 aliphatic heterocycles. The maximum atomic E-state index is 12.4. The van der Waals surface area contributed by atoms with Crippen molar-refractivity contribution in [2.75, 3.05) is 6.61 Å². The number of carbonyl (C=O) groups is 2. The van der Waals surface area contributed by atoms with E-state index in [1.807, 2.05) is 0 Å². The second-order valence-corrected chi connectivity index (χ2v) is 10.3. The maximum Gasteiger partial charge on any atom is 0.305 e. The van der Waals surface area contributed by atoms with Crippen LogP contribution in [0, 0.1) is 17.8 Å². The van der Waals surface area contributed by atoms with Crippen LogP contribution in [0.4, 0.5) is 0 Å². The molecule has 0 radical (unpaired) electrons. The first-order valence-electron chi connectivity index (χ1n) is 11.5. The first kappa shape index (κ1) is 25.3. The molecule has 2 aliphatic rings. The largest absolute Gasteiger partial charge is 0.465 e. The molecule has 1 saturated carbocycles. The van der Waals surface area contributed by atoms with E-state index in [0.29, 0.717) is 49.4 Å². The van der Waals surface area contributed by atoms with Gasteiger partial charge in [0.1, 0.15) is 5.78 Å². The summed E-state index contributed by atoms with van der Waals surface area (Å²) in [4.78, 5) is 24.4. The zero-order chi connectivity index (χ0) is 20.9. The van der Waals surface area contributed by atoms with E-state index in [2.05, 4.69) is 41.1 Å². The Morgan fingerprint density at radius 3 is 2.86 bits per heavy atom. The van der Waals surface area contributed by atoms with Crippen LogP contribution in [0.2, 0.25) is 0 Å². The molecule has 0 saturated heterocycles. The highest BCUT2D eigenvalue weighted by atomic mass is 127. The molecule has 29 heavy (non-hydrogen) atoms. The third-order valence-corrected chi connectivity index (χ3v) is 7.62. The number of allylic oxidation sites excluding steroid dienone is 2. The number of ether oxygens (including phenoxy) is 1. The van der Waals surface area contributed by atoms with Crippen molar-refractivity contribution in [1.82, 2.24) is 0 Å². The van der Waals surface area contributed by atoms with E-state index < -0.39 is 0 Å².